The summed E-state index contributed by atoms with van der Waals surface area (Å²) >= 11 is 0. The second kappa shape index (κ2) is 12.5. The van der Waals surface area contributed by atoms with Crippen molar-refractivity contribution in [3.05, 3.63) is 29.3 Å². The number of phosphoric acid groups is 1. The van der Waals surface area contributed by atoms with Crippen LogP contribution in [0.5, 0.6) is 0 Å². The molecule has 0 aliphatic carbocycles. The maximum absolute atomic E-state index is 15.7. The molecule has 10 unspecified atom stereocenters. The minimum atomic E-state index is -5.27. The van der Waals surface area contributed by atoms with Gasteiger partial charge in [-0.05, 0) is 4.57 Å². The smallest absolute Gasteiger partial charge is 0.394 e. The Kier molecular flexibility index (Phi) is 8.80. The van der Waals surface area contributed by atoms with Crippen LogP contribution in [-0.2, 0) is 32.4 Å². The van der Waals surface area contributed by atoms with Gasteiger partial charge in [0.25, 0.3) is 11.9 Å². The lowest BCUT2D eigenvalue weighted by Crippen LogP contribution is -2.35. The summed E-state index contributed by atoms with van der Waals surface area (Å²) in [6, 6.07) is 0. The van der Waals surface area contributed by atoms with Crippen LogP contribution in [0.2, 0.25) is 0 Å². The zero-order valence-corrected chi connectivity index (χ0v) is 24.8. The highest BCUT2D eigenvalue weighted by Crippen LogP contribution is 2.51. The van der Waals surface area contributed by atoms with Crippen molar-refractivity contribution in [1.29, 1.82) is 0 Å². The number of alkyl halides is 2. The SMILES string of the molecule is Nc1nc2c(ncn2C2OC(CO)C(F)C2OP(=O)(O)OCC2OC(n3cnc4c(N)ncnc43)C(F)C2OC[P+](=O)O)c(=O)[nH]1. The second-order valence-electron chi connectivity index (χ2n) is 10.0. The summed E-state index contributed by atoms with van der Waals surface area (Å²) in [6.07, 6.45) is -11.5. The van der Waals surface area contributed by atoms with Gasteiger partial charge in [0.05, 0.1) is 25.9 Å². The Bertz CT molecular complexity index is 1880. The molecule has 6 heterocycles. The molecule has 0 radical (unpaired) electrons. The van der Waals surface area contributed by atoms with E-state index < -0.39 is 90.2 Å². The number of halogens is 2. The number of nitrogens with zero attached hydrogens (tertiary/aromatic N) is 7. The molecule has 0 spiro atoms. The Hall–Kier alpha value is -3.63. The maximum Gasteiger partial charge on any atom is 0.534 e. The largest absolute Gasteiger partial charge is 0.534 e. The summed E-state index contributed by atoms with van der Waals surface area (Å²) in [6.45, 7) is -1.76. The monoisotopic (exact) mass is 693 g/mol. The van der Waals surface area contributed by atoms with E-state index >= 15 is 8.78 Å². The van der Waals surface area contributed by atoms with Crippen molar-refractivity contribution < 1.29 is 56.1 Å². The molecule has 0 saturated carbocycles. The van der Waals surface area contributed by atoms with Gasteiger partial charge in [-0.25, -0.2) is 33.3 Å². The molecule has 0 amide bonds. The van der Waals surface area contributed by atoms with Gasteiger partial charge in [-0.15, -0.1) is 0 Å². The Balaban J connectivity index is 1.22. The molecular formula is C21H25F2N10O11P2+. The standard InChI is InChI=1S/C21H24F2N10O11P2/c22-9-7(1-34)42-20(33-5-29-12-17(33)30-21(25)31-18(12)35)14(9)44-46(38,39)41-2-8-13(40-6-45(36)37)10(23)19(43-8)32-4-28-11-15(24)26-3-27-16(11)32/h3-5,7-10,13-14,19-20,34H,1-2,6H2,(H6-,24,25,26,27,30,31,35,36,37,38,39)/p+1. The minimum absolute atomic E-state index is 0.000903. The quantitative estimate of drug-likeness (QED) is 0.104. The van der Waals surface area contributed by atoms with E-state index in [0.29, 0.717) is 0 Å². The molecule has 2 fully saturated rings. The lowest BCUT2D eigenvalue weighted by atomic mass is 10.1. The van der Waals surface area contributed by atoms with Crippen molar-refractivity contribution in [1.82, 2.24) is 39.0 Å². The fourth-order valence-corrected chi connectivity index (χ4v) is 6.34. The molecule has 2 saturated heterocycles. The van der Waals surface area contributed by atoms with Crippen molar-refractivity contribution >= 4 is 49.9 Å². The second-order valence-corrected chi connectivity index (χ2v) is 12.4. The van der Waals surface area contributed by atoms with Crippen molar-refractivity contribution in [3.8, 4) is 0 Å². The van der Waals surface area contributed by atoms with Crippen LogP contribution >= 0.6 is 15.9 Å². The number of hydrogen-bond acceptors (Lipinski definition) is 16. The highest BCUT2D eigenvalue weighted by molar-refractivity contribution is 7.47. The van der Waals surface area contributed by atoms with Crippen LogP contribution < -0.4 is 17.0 Å². The molecule has 248 valence electrons. The lowest BCUT2D eigenvalue weighted by molar-refractivity contribution is -0.0645. The van der Waals surface area contributed by atoms with E-state index in [1.807, 2.05) is 0 Å². The molecule has 8 N–H and O–H groups in total. The summed E-state index contributed by atoms with van der Waals surface area (Å²) in [5.41, 5.74) is 10.5. The van der Waals surface area contributed by atoms with E-state index in [9.17, 15) is 28.8 Å². The highest BCUT2D eigenvalue weighted by atomic mass is 31.2. The van der Waals surface area contributed by atoms with Crippen LogP contribution in [0.1, 0.15) is 12.5 Å². The third-order valence-corrected chi connectivity index (χ3v) is 8.49. The van der Waals surface area contributed by atoms with Gasteiger partial charge in [-0.3, -0.25) is 28.0 Å². The Labute approximate surface area is 254 Å². The number of aromatic amines is 1. The van der Waals surface area contributed by atoms with Gasteiger partial charge in [0.1, 0.15) is 36.3 Å². The molecule has 21 nitrogen and oxygen atoms in total. The van der Waals surface area contributed by atoms with Crippen LogP contribution in [0.25, 0.3) is 22.3 Å². The topological polar surface area (TPSA) is 300 Å². The first-order valence-corrected chi connectivity index (χ1v) is 16.0. The Morgan fingerprint density at radius 2 is 1.72 bits per heavy atom. The van der Waals surface area contributed by atoms with E-state index in [1.165, 1.54) is 0 Å². The van der Waals surface area contributed by atoms with Crippen molar-refractivity contribution in [2.24, 2.45) is 0 Å². The number of nitrogens with two attached hydrogens (primary N) is 2. The van der Waals surface area contributed by atoms with Crippen molar-refractivity contribution in [2.75, 3.05) is 31.0 Å². The predicted octanol–water partition coefficient (Wildman–Crippen LogP) is -0.833. The molecule has 2 aliphatic rings. The summed E-state index contributed by atoms with van der Waals surface area (Å²) in [5, 5.41) is 9.62. The number of fused-ring (bicyclic) bond motifs is 2. The zero-order chi connectivity index (χ0) is 32.9. The van der Waals surface area contributed by atoms with Crippen molar-refractivity contribution in [3.63, 3.8) is 0 Å². The van der Waals surface area contributed by atoms with Gasteiger partial charge >= 0.3 is 15.9 Å². The Morgan fingerprint density at radius 1 is 1.02 bits per heavy atom. The molecule has 6 rings (SSSR count). The molecule has 0 bridgehead atoms. The molecule has 4 aromatic rings. The number of anilines is 2. The number of aliphatic hydroxyl groups is 1. The first kappa shape index (κ1) is 32.3. The lowest BCUT2D eigenvalue weighted by Gasteiger charge is -2.24. The Morgan fingerprint density at radius 3 is 2.43 bits per heavy atom. The van der Waals surface area contributed by atoms with Crippen LogP contribution in [0.3, 0.4) is 0 Å². The number of imidazole rings is 2. The fraction of sp³-hybridized carbons (Fsp3) is 0.524. The molecular weight excluding hydrogens is 668 g/mol. The van der Waals surface area contributed by atoms with Gasteiger partial charge in [0.2, 0.25) is 5.95 Å². The predicted molar refractivity (Wildman–Crippen MR) is 147 cm³/mol. The molecule has 46 heavy (non-hydrogen) atoms. The summed E-state index contributed by atoms with van der Waals surface area (Å²) in [7, 11) is -8.14. The number of H-pyrrole nitrogens is 1. The number of ether oxygens (including phenoxy) is 3. The van der Waals surface area contributed by atoms with Crippen LogP contribution in [-0.4, -0.2) is 110 Å². The molecule has 4 aromatic heterocycles. The van der Waals surface area contributed by atoms with E-state index in [1.54, 1.807) is 0 Å². The summed E-state index contributed by atoms with van der Waals surface area (Å²) in [4.78, 5) is 54.0. The molecule has 10 atom stereocenters. The number of nitrogen functional groups attached to an aromatic ring is 2. The van der Waals surface area contributed by atoms with Crippen LogP contribution in [0.15, 0.2) is 23.8 Å². The number of rotatable bonds is 11. The van der Waals surface area contributed by atoms with E-state index in [4.69, 9.17) is 34.7 Å². The summed E-state index contributed by atoms with van der Waals surface area (Å²) in [5.74, 6) is -0.316. The minimum Gasteiger partial charge on any atom is -0.394 e. The van der Waals surface area contributed by atoms with Crippen LogP contribution in [0, 0.1) is 0 Å². The van der Waals surface area contributed by atoms with Crippen molar-refractivity contribution in [2.45, 2.75) is 49.2 Å². The molecule has 0 aromatic carbocycles. The van der Waals surface area contributed by atoms with Gasteiger partial charge < -0.3 is 35.7 Å². The first-order valence-electron chi connectivity index (χ1n) is 13.1. The average Bonchev–Trinajstić information content (AvgIpc) is 3.76. The van der Waals surface area contributed by atoms with Crippen LogP contribution in [0.4, 0.5) is 20.5 Å². The average molecular weight is 693 g/mol. The number of nitrogens with one attached hydrogen (secondary N) is 1. The zero-order valence-electron chi connectivity index (χ0n) is 23.0. The normalized spacial score (nSPS) is 29.9. The maximum atomic E-state index is 15.7. The molecule has 2 aliphatic heterocycles. The van der Waals surface area contributed by atoms with E-state index in [0.717, 1.165) is 28.1 Å². The number of aromatic nitrogens is 8. The van der Waals surface area contributed by atoms with E-state index in [-0.39, 0.29) is 34.1 Å². The number of aliphatic hydroxyl groups excluding tert-OH is 1. The third-order valence-electron chi connectivity index (χ3n) is 7.13. The number of phosphoric ester groups is 1. The third kappa shape index (κ3) is 5.97. The highest BCUT2D eigenvalue weighted by Gasteiger charge is 2.52. The van der Waals surface area contributed by atoms with Gasteiger partial charge in [-0.1, -0.05) is 0 Å². The number of hydrogen-bond donors (Lipinski definition) is 6. The summed E-state index contributed by atoms with van der Waals surface area (Å²) < 4.78 is 84.3. The van der Waals surface area contributed by atoms with Gasteiger partial charge in [-0.2, -0.15) is 9.88 Å². The first-order chi connectivity index (χ1) is 21.9. The van der Waals surface area contributed by atoms with Gasteiger partial charge in [0.15, 0.2) is 47.4 Å². The van der Waals surface area contributed by atoms with E-state index in [2.05, 4.69) is 29.9 Å². The van der Waals surface area contributed by atoms with Gasteiger partial charge in [0, 0.05) is 0 Å². The fourth-order valence-electron chi connectivity index (χ4n) is 5.12. The molecule has 25 heteroatoms.